The van der Waals surface area contributed by atoms with E-state index < -0.39 is 0 Å². The van der Waals surface area contributed by atoms with E-state index in [1.807, 2.05) is 25.1 Å². The minimum absolute atomic E-state index is 0.708. The zero-order valence-corrected chi connectivity index (χ0v) is 6.50. The van der Waals surface area contributed by atoms with E-state index in [0.717, 1.165) is 17.4 Å². The van der Waals surface area contributed by atoms with Crippen LogP contribution in [-0.2, 0) is 0 Å². The molecule has 1 aromatic rings. The number of carbonyl (C=O) groups excluding carboxylic acids is 1. The largest absolute Gasteiger partial charge is 0.298 e. The average molecular weight is 146 g/mol. The smallest absolute Gasteiger partial charge is 0.150 e. The van der Waals surface area contributed by atoms with Crippen LogP contribution in [0.1, 0.15) is 21.5 Å². The van der Waals surface area contributed by atoms with Crippen LogP contribution in [0.3, 0.4) is 0 Å². The summed E-state index contributed by atoms with van der Waals surface area (Å²) in [5, 5.41) is 0. The van der Waals surface area contributed by atoms with Gasteiger partial charge in [0.2, 0.25) is 0 Å². The predicted octanol–water partition coefficient (Wildman–Crippen LogP) is 2.45. The van der Waals surface area contributed by atoms with Gasteiger partial charge in [-0.05, 0) is 18.6 Å². The van der Waals surface area contributed by atoms with Crippen LogP contribution < -0.4 is 0 Å². The normalized spacial score (nSPS) is 9.18. The Labute approximate surface area is 66.4 Å². The van der Waals surface area contributed by atoms with Gasteiger partial charge in [-0.1, -0.05) is 30.4 Å². The van der Waals surface area contributed by atoms with Gasteiger partial charge in [0, 0.05) is 5.56 Å². The summed E-state index contributed by atoms with van der Waals surface area (Å²) in [6.45, 7) is 5.57. The molecule has 0 amide bonds. The molecule has 0 fully saturated rings. The number of carbonyl (C=O) groups is 1. The molecule has 1 heteroatoms. The topological polar surface area (TPSA) is 17.1 Å². The summed E-state index contributed by atoms with van der Waals surface area (Å²) < 4.78 is 0. The molecule has 0 radical (unpaired) electrons. The highest BCUT2D eigenvalue weighted by atomic mass is 16.1. The maximum absolute atomic E-state index is 10.5. The van der Waals surface area contributed by atoms with E-state index in [0.29, 0.717) is 5.56 Å². The van der Waals surface area contributed by atoms with Crippen LogP contribution in [0.5, 0.6) is 0 Å². The highest BCUT2D eigenvalue weighted by molar-refractivity contribution is 5.81. The summed E-state index contributed by atoms with van der Waals surface area (Å²) in [6, 6.07) is 5.71. The number of hydrogen-bond acceptors (Lipinski definition) is 1. The SMILES string of the molecule is C=Cc1ccc(C)cc1C=O. The molecule has 0 aliphatic rings. The second kappa shape index (κ2) is 3.15. The molecule has 0 aliphatic heterocycles. The van der Waals surface area contributed by atoms with Gasteiger partial charge in [0.1, 0.15) is 0 Å². The first kappa shape index (κ1) is 7.73. The van der Waals surface area contributed by atoms with Crippen molar-refractivity contribution in [3.63, 3.8) is 0 Å². The Kier molecular flexibility index (Phi) is 2.21. The average Bonchev–Trinajstić information content (AvgIpc) is 2.04. The van der Waals surface area contributed by atoms with Crippen LogP contribution in [0.4, 0.5) is 0 Å². The van der Waals surface area contributed by atoms with E-state index >= 15 is 0 Å². The lowest BCUT2D eigenvalue weighted by Gasteiger charge is -1.98. The van der Waals surface area contributed by atoms with Crippen molar-refractivity contribution in [2.24, 2.45) is 0 Å². The summed E-state index contributed by atoms with van der Waals surface area (Å²) in [6.07, 6.45) is 2.53. The van der Waals surface area contributed by atoms with Crippen LogP contribution in [0.15, 0.2) is 24.8 Å². The van der Waals surface area contributed by atoms with Crippen LogP contribution in [0.2, 0.25) is 0 Å². The zero-order chi connectivity index (χ0) is 8.27. The highest BCUT2D eigenvalue weighted by Crippen LogP contribution is 2.10. The molecule has 1 rings (SSSR count). The lowest BCUT2D eigenvalue weighted by atomic mass is 10.1. The third-order valence-corrected chi connectivity index (χ3v) is 1.59. The molecular weight excluding hydrogens is 136 g/mol. The van der Waals surface area contributed by atoms with Gasteiger partial charge in [0.15, 0.2) is 6.29 Å². The second-order valence-corrected chi connectivity index (χ2v) is 2.45. The van der Waals surface area contributed by atoms with Crippen molar-refractivity contribution < 1.29 is 4.79 Å². The van der Waals surface area contributed by atoms with Crippen molar-refractivity contribution in [2.75, 3.05) is 0 Å². The number of benzene rings is 1. The molecule has 0 heterocycles. The van der Waals surface area contributed by atoms with Gasteiger partial charge < -0.3 is 0 Å². The first-order valence-electron chi connectivity index (χ1n) is 3.46. The summed E-state index contributed by atoms with van der Waals surface area (Å²) >= 11 is 0. The summed E-state index contributed by atoms with van der Waals surface area (Å²) in [5.74, 6) is 0. The third kappa shape index (κ3) is 1.55. The molecule has 0 bridgehead atoms. The Morgan fingerprint density at radius 3 is 2.64 bits per heavy atom. The highest BCUT2D eigenvalue weighted by Gasteiger charge is 1.96. The van der Waals surface area contributed by atoms with Crippen LogP contribution in [0, 0.1) is 6.92 Å². The molecule has 0 aliphatic carbocycles. The van der Waals surface area contributed by atoms with Crippen molar-refractivity contribution in [3.05, 3.63) is 41.5 Å². The van der Waals surface area contributed by atoms with E-state index in [9.17, 15) is 4.79 Å². The van der Waals surface area contributed by atoms with Gasteiger partial charge in [-0.2, -0.15) is 0 Å². The van der Waals surface area contributed by atoms with Gasteiger partial charge >= 0.3 is 0 Å². The van der Waals surface area contributed by atoms with Gasteiger partial charge in [0.25, 0.3) is 0 Å². The first-order chi connectivity index (χ1) is 5.27. The van der Waals surface area contributed by atoms with Crippen LogP contribution in [0.25, 0.3) is 6.08 Å². The molecule has 0 N–H and O–H groups in total. The van der Waals surface area contributed by atoms with Crippen molar-refractivity contribution in [3.8, 4) is 0 Å². The Morgan fingerprint density at radius 2 is 2.09 bits per heavy atom. The van der Waals surface area contributed by atoms with Crippen molar-refractivity contribution in [1.82, 2.24) is 0 Å². The quantitative estimate of drug-likeness (QED) is 0.586. The zero-order valence-electron chi connectivity index (χ0n) is 6.50. The molecule has 1 nitrogen and oxygen atoms in total. The Hall–Kier alpha value is -1.37. The minimum atomic E-state index is 0.708. The first-order valence-corrected chi connectivity index (χ1v) is 3.46. The van der Waals surface area contributed by atoms with Gasteiger partial charge in [-0.3, -0.25) is 4.79 Å². The molecule has 0 unspecified atom stereocenters. The van der Waals surface area contributed by atoms with Crippen molar-refractivity contribution >= 4 is 12.4 Å². The van der Waals surface area contributed by atoms with Crippen LogP contribution in [-0.4, -0.2) is 6.29 Å². The van der Waals surface area contributed by atoms with Gasteiger partial charge in [-0.15, -0.1) is 0 Å². The lowest BCUT2D eigenvalue weighted by molar-refractivity contribution is 0.112. The number of aryl methyl sites for hydroxylation is 1. The summed E-state index contributed by atoms with van der Waals surface area (Å²) in [7, 11) is 0. The Balaban J connectivity index is 3.26. The van der Waals surface area contributed by atoms with E-state index in [1.54, 1.807) is 6.08 Å². The number of rotatable bonds is 2. The molecule has 0 saturated heterocycles. The fourth-order valence-electron chi connectivity index (χ4n) is 0.982. The van der Waals surface area contributed by atoms with Gasteiger partial charge in [0.05, 0.1) is 0 Å². The van der Waals surface area contributed by atoms with E-state index in [-0.39, 0.29) is 0 Å². The van der Waals surface area contributed by atoms with E-state index in [2.05, 4.69) is 6.58 Å². The number of aldehydes is 1. The second-order valence-electron chi connectivity index (χ2n) is 2.45. The van der Waals surface area contributed by atoms with Gasteiger partial charge in [-0.25, -0.2) is 0 Å². The summed E-state index contributed by atoms with van der Waals surface area (Å²) in [5.41, 5.74) is 2.70. The molecule has 0 spiro atoms. The lowest BCUT2D eigenvalue weighted by Crippen LogP contribution is -1.86. The molecule has 0 saturated carbocycles. The predicted molar refractivity (Wildman–Crippen MR) is 46.7 cm³/mol. The third-order valence-electron chi connectivity index (χ3n) is 1.59. The fraction of sp³-hybridized carbons (Fsp3) is 0.100. The maximum atomic E-state index is 10.5. The minimum Gasteiger partial charge on any atom is -0.298 e. The molecule has 56 valence electrons. The Morgan fingerprint density at radius 1 is 1.36 bits per heavy atom. The standard InChI is InChI=1S/C10H10O/c1-3-9-5-4-8(2)6-10(9)7-11/h3-7H,1H2,2H3. The maximum Gasteiger partial charge on any atom is 0.150 e. The van der Waals surface area contributed by atoms with E-state index in [4.69, 9.17) is 0 Å². The molecule has 0 atom stereocenters. The molecule has 1 aromatic carbocycles. The summed E-state index contributed by atoms with van der Waals surface area (Å²) in [4.78, 5) is 10.5. The number of hydrogen-bond donors (Lipinski definition) is 0. The van der Waals surface area contributed by atoms with Crippen LogP contribution >= 0.6 is 0 Å². The Bertz CT molecular complexity index is 287. The molecule has 11 heavy (non-hydrogen) atoms. The molecule has 0 aromatic heterocycles. The van der Waals surface area contributed by atoms with Crippen molar-refractivity contribution in [1.29, 1.82) is 0 Å². The molecular formula is C10H10O. The van der Waals surface area contributed by atoms with Crippen molar-refractivity contribution in [2.45, 2.75) is 6.92 Å². The monoisotopic (exact) mass is 146 g/mol. The van der Waals surface area contributed by atoms with E-state index in [1.165, 1.54) is 0 Å². The fourth-order valence-corrected chi connectivity index (χ4v) is 0.982.